The van der Waals surface area contributed by atoms with Gasteiger partial charge >= 0.3 is 5.97 Å². The fraction of sp³-hybridized carbons (Fsp3) is 0.513. The lowest BCUT2D eigenvalue weighted by molar-refractivity contribution is -0.205. The first-order valence-electron chi connectivity index (χ1n) is 16.5. The maximum absolute atomic E-state index is 14.7. The molecule has 4 atom stereocenters. The molecule has 4 aliphatic rings. The monoisotopic (exact) mass is 644 g/mol. The van der Waals surface area contributed by atoms with Crippen LogP contribution in [0, 0.1) is 5.92 Å². The molecule has 0 radical (unpaired) electrons. The van der Waals surface area contributed by atoms with E-state index in [0.717, 1.165) is 12.0 Å². The van der Waals surface area contributed by atoms with E-state index < -0.39 is 40.1 Å². The van der Waals surface area contributed by atoms with Crippen molar-refractivity contribution < 1.29 is 38.8 Å². The van der Waals surface area contributed by atoms with Crippen LogP contribution in [0.5, 0.6) is 17.2 Å². The summed E-state index contributed by atoms with van der Waals surface area (Å²) in [6.07, 6.45) is 13.8. The largest absolute Gasteiger partial charge is 0.506 e. The molecule has 1 saturated heterocycles. The Hall–Kier alpha value is -3.91. The van der Waals surface area contributed by atoms with Crippen molar-refractivity contribution in [2.45, 2.75) is 123 Å². The Morgan fingerprint density at radius 1 is 0.979 bits per heavy atom. The quantitative estimate of drug-likeness (QED) is 0.216. The highest BCUT2D eigenvalue weighted by molar-refractivity contribution is 6.18. The van der Waals surface area contributed by atoms with Gasteiger partial charge in [-0.15, -0.1) is 0 Å². The van der Waals surface area contributed by atoms with Gasteiger partial charge in [0, 0.05) is 29.0 Å². The molecular formula is C39H48O8. The number of carbonyl (C=O) groups excluding carboxylic acids is 2. The number of phenolic OH excluding ortho intramolecular Hbond substituents is 1. The van der Waals surface area contributed by atoms with E-state index >= 15 is 0 Å². The number of aromatic hydroxyl groups is 1. The fourth-order valence-electron chi connectivity index (χ4n) is 7.23. The molecule has 1 fully saturated rings. The third kappa shape index (κ3) is 5.90. The molecule has 1 aromatic rings. The number of phenols is 1. The molecule has 47 heavy (non-hydrogen) atoms. The van der Waals surface area contributed by atoms with Gasteiger partial charge in [-0.2, -0.15) is 0 Å². The van der Waals surface area contributed by atoms with E-state index in [9.17, 15) is 24.6 Å². The van der Waals surface area contributed by atoms with Crippen LogP contribution in [0.2, 0.25) is 0 Å². The zero-order chi connectivity index (χ0) is 34.7. The van der Waals surface area contributed by atoms with E-state index in [1.807, 2.05) is 52.8 Å². The van der Waals surface area contributed by atoms with E-state index in [0.29, 0.717) is 42.6 Å². The maximum Gasteiger partial charge on any atom is 0.330 e. The maximum atomic E-state index is 14.7. The summed E-state index contributed by atoms with van der Waals surface area (Å²) in [7, 11) is 0. The predicted octanol–water partition coefficient (Wildman–Crippen LogP) is 8.02. The number of ether oxygens (including phenoxy) is 3. The summed E-state index contributed by atoms with van der Waals surface area (Å²) in [6, 6.07) is 0. The topological polar surface area (TPSA) is 119 Å². The molecule has 0 amide bonds. The Labute approximate surface area is 277 Å². The number of allylic oxidation sites excluding steroid dienone is 5. The van der Waals surface area contributed by atoms with Gasteiger partial charge in [-0.05, 0) is 107 Å². The number of hydrogen-bond donors (Lipinski definition) is 2. The van der Waals surface area contributed by atoms with Crippen molar-refractivity contribution in [3.63, 3.8) is 0 Å². The van der Waals surface area contributed by atoms with Crippen LogP contribution >= 0.6 is 0 Å². The lowest BCUT2D eigenvalue weighted by Gasteiger charge is -2.53. The van der Waals surface area contributed by atoms with Gasteiger partial charge in [0.2, 0.25) is 0 Å². The molecule has 252 valence electrons. The minimum absolute atomic E-state index is 0.0313. The number of Topliss-reactive ketones (excluding diaryl/α,β-unsaturated/α-hetero) is 2. The van der Waals surface area contributed by atoms with Crippen LogP contribution in [0.15, 0.2) is 52.7 Å². The lowest BCUT2D eigenvalue weighted by atomic mass is 9.62. The second-order valence-electron chi connectivity index (χ2n) is 15.0. The average molecular weight is 645 g/mol. The smallest absolute Gasteiger partial charge is 0.330 e. The first-order valence-corrected chi connectivity index (χ1v) is 16.5. The summed E-state index contributed by atoms with van der Waals surface area (Å²) >= 11 is 0. The zero-order valence-electron chi connectivity index (χ0n) is 29.1. The minimum Gasteiger partial charge on any atom is -0.506 e. The van der Waals surface area contributed by atoms with Gasteiger partial charge in [-0.25, -0.2) is 4.79 Å². The Morgan fingerprint density at radius 3 is 2.30 bits per heavy atom. The number of benzene rings is 1. The van der Waals surface area contributed by atoms with E-state index in [-0.39, 0.29) is 40.4 Å². The van der Waals surface area contributed by atoms with E-state index in [2.05, 4.69) is 19.9 Å². The second kappa shape index (κ2) is 12.0. The molecule has 1 aromatic carbocycles. The summed E-state index contributed by atoms with van der Waals surface area (Å²) in [5.41, 5.74) is -1.24. The molecule has 2 bridgehead atoms. The van der Waals surface area contributed by atoms with Gasteiger partial charge in [-0.3, -0.25) is 9.59 Å². The molecule has 3 heterocycles. The highest BCUT2D eigenvalue weighted by atomic mass is 16.6. The SMILES string of the molecule is CC(C)=CCC[C@@]1(C)C=Cc2c(O)c3c(c(CC=C(C)C)c2O1)O[C@@]1(C)C(=C[C@@H]2CCC(C)(C)O[C@@]1(C/C=C(/C)C(=O)O)C2=O)C3=O. The van der Waals surface area contributed by atoms with Crippen LogP contribution < -0.4 is 9.47 Å². The highest BCUT2D eigenvalue weighted by Gasteiger charge is 2.67. The molecule has 0 aromatic heterocycles. The second-order valence-corrected chi connectivity index (χ2v) is 15.0. The molecule has 8 nitrogen and oxygen atoms in total. The molecule has 5 rings (SSSR count). The Morgan fingerprint density at radius 2 is 1.66 bits per heavy atom. The Kier molecular flexibility index (Phi) is 8.76. The number of fused-ring (bicyclic) bond motifs is 6. The normalized spacial score (nSPS) is 28.8. The van der Waals surface area contributed by atoms with Crippen molar-refractivity contribution in [1.29, 1.82) is 0 Å². The van der Waals surface area contributed by atoms with Gasteiger partial charge in [0.25, 0.3) is 0 Å². The molecule has 0 saturated carbocycles. The first-order chi connectivity index (χ1) is 21.8. The summed E-state index contributed by atoms with van der Waals surface area (Å²) in [4.78, 5) is 41.1. The molecule has 0 unspecified atom stereocenters. The van der Waals surface area contributed by atoms with Crippen molar-refractivity contribution in [3.8, 4) is 17.2 Å². The van der Waals surface area contributed by atoms with Crippen LogP contribution in [-0.4, -0.2) is 50.2 Å². The summed E-state index contributed by atoms with van der Waals surface area (Å²) < 4.78 is 20.5. The predicted molar refractivity (Wildman–Crippen MR) is 181 cm³/mol. The van der Waals surface area contributed by atoms with Gasteiger partial charge in [0.15, 0.2) is 22.8 Å². The van der Waals surface area contributed by atoms with Gasteiger partial charge in [0.1, 0.15) is 28.4 Å². The fourth-order valence-corrected chi connectivity index (χ4v) is 7.23. The summed E-state index contributed by atoms with van der Waals surface area (Å²) in [5, 5.41) is 21.5. The number of rotatable bonds is 8. The van der Waals surface area contributed by atoms with Crippen LogP contribution in [0.4, 0.5) is 0 Å². The molecule has 8 heteroatoms. The van der Waals surface area contributed by atoms with Crippen LogP contribution in [0.1, 0.15) is 116 Å². The third-order valence-electron chi connectivity index (χ3n) is 10.1. The molecule has 0 spiro atoms. The number of ketones is 2. The summed E-state index contributed by atoms with van der Waals surface area (Å²) in [6.45, 7) is 17.0. The standard InChI is InChI=1S/C39H48O8/c1-22(2)11-10-17-37(8)19-16-26-30(40)29-31(41)28-21-25-15-18-36(6,7)47-39(34(25)42,20-14-24(5)35(43)44)38(28,9)46-33(29)27(32(26)45-37)13-12-23(3)4/h11-12,14,16,19,21,25,40H,10,13,15,17-18,20H2,1-9H3,(H,43,44)/b24-14-/t25-,37-,38-,39-/m0/s1. The lowest BCUT2D eigenvalue weighted by Crippen LogP contribution is -2.69. The van der Waals surface area contributed by atoms with Crippen LogP contribution in [0.3, 0.4) is 0 Å². The number of hydrogen-bond acceptors (Lipinski definition) is 7. The van der Waals surface area contributed by atoms with E-state index in [1.54, 1.807) is 13.0 Å². The van der Waals surface area contributed by atoms with Gasteiger partial charge < -0.3 is 24.4 Å². The van der Waals surface area contributed by atoms with Crippen molar-refractivity contribution in [1.82, 2.24) is 0 Å². The summed E-state index contributed by atoms with van der Waals surface area (Å²) in [5.74, 6) is -2.09. The number of carboxylic acids is 1. The molecule has 1 aliphatic carbocycles. The van der Waals surface area contributed by atoms with E-state index in [4.69, 9.17) is 14.2 Å². The van der Waals surface area contributed by atoms with Crippen LogP contribution in [0.25, 0.3) is 6.08 Å². The molecule has 3 aliphatic heterocycles. The van der Waals surface area contributed by atoms with Crippen molar-refractivity contribution in [2.75, 3.05) is 0 Å². The zero-order valence-corrected chi connectivity index (χ0v) is 29.1. The first kappa shape index (κ1) is 34.4. The van der Waals surface area contributed by atoms with Crippen molar-refractivity contribution >= 4 is 23.6 Å². The Balaban J connectivity index is 1.76. The molecular weight excluding hydrogens is 596 g/mol. The minimum atomic E-state index is -1.72. The Bertz CT molecular complexity index is 1690. The third-order valence-corrected chi connectivity index (χ3v) is 10.1. The molecule has 2 N–H and O–H groups in total. The van der Waals surface area contributed by atoms with E-state index in [1.165, 1.54) is 18.6 Å². The number of carbonyl (C=O) groups is 3. The van der Waals surface area contributed by atoms with Gasteiger partial charge in [0.05, 0.1) is 11.2 Å². The van der Waals surface area contributed by atoms with Gasteiger partial charge in [-0.1, -0.05) is 35.5 Å². The average Bonchev–Trinajstić information content (AvgIpc) is 3.03. The highest BCUT2D eigenvalue weighted by Crippen LogP contribution is 2.58. The van der Waals surface area contributed by atoms with Crippen molar-refractivity contribution in [2.24, 2.45) is 5.92 Å². The van der Waals surface area contributed by atoms with Crippen LogP contribution in [-0.2, 0) is 20.7 Å². The number of carboxylic acid groups (broad SMARTS) is 1. The van der Waals surface area contributed by atoms with Crippen molar-refractivity contribution in [3.05, 3.63) is 69.4 Å². The number of aliphatic carboxylic acids is 1.